The highest BCUT2D eigenvalue weighted by Gasteiger charge is 2.30. The van der Waals surface area contributed by atoms with E-state index in [1.54, 1.807) is 18.2 Å². The van der Waals surface area contributed by atoms with E-state index in [2.05, 4.69) is 10.6 Å². The Morgan fingerprint density at radius 1 is 1.47 bits per heavy atom. The molecule has 19 heavy (non-hydrogen) atoms. The van der Waals surface area contributed by atoms with Gasteiger partial charge >= 0.3 is 6.18 Å². The van der Waals surface area contributed by atoms with E-state index in [1.807, 2.05) is 0 Å². The van der Waals surface area contributed by atoms with E-state index in [4.69, 9.17) is 0 Å². The van der Waals surface area contributed by atoms with Gasteiger partial charge in [0, 0.05) is 23.8 Å². The SMILES string of the molecule is CC(CC(F)(F)F)NC(=O)c1ccc2c(c1)CCN2. The van der Waals surface area contributed by atoms with Crippen LogP contribution < -0.4 is 10.6 Å². The lowest BCUT2D eigenvalue weighted by Crippen LogP contribution is -2.35. The largest absolute Gasteiger partial charge is 0.391 e. The molecular weight excluding hydrogens is 257 g/mol. The first-order chi connectivity index (χ1) is 8.85. The number of carbonyl (C=O) groups is 1. The summed E-state index contributed by atoms with van der Waals surface area (Å²) in [4.78, 5) is 11.8. The lowest BCUT2D eigenvalue weighted by atomic mass is 10.1. The van der Waals surface area contributed by atoms with Gasteiger partial charge in [0.05, 0.1) is 6.42 Å². The van der Waals surface area contributed by atoms with Crippen LogP contribution in [-0.2, 0) is 6.42 Å². The third-order valence-corrected chi connectivity index (χ3v) is 2.99. The average molecular weight is 272 g/mol. The topological polar surface area (TPSA) is 41.1 Å². The molecule has 3 nitrogen and oxygen atoms in total. The van der Waals surface area contributed by atoms with Gasteiger partial charge in [-0.3, -0.25) is 4.79 Å². The van der Waals surface area contributed by atoms with Gasteiger partial charge in [0.25, 0.3) is 5.91 Å². The van der Waals surface area contributed by atoms with Crippen LogP contribution in [0.1, 0.15) is 29.3 Å². The van der Waals surface area contributed by atoms with Crippen LogP contribution in [-0.4, -0.2) is 24.7 Å². The molecule has 0 saturated heterocycles. The van der Waals surface area contributed by atoms with Crippen LogP contribution in [0, 0.1) is 0 Å². The summed E-state index contributed by atoms with van der Waals surface area (Å²) in [6.45, 7) is 2.17. The van der Waals surface area contributed by atoms with Crippen molar-refractivity contribution in [3.05, 3.63) is 29.3 Å². The first-order valence-corrected chi connectivity index (χ1v) is 6.09. The summed E-state index contributed by atoms with van der Waals surface area (Å²) in [7, 11) is 0. The molecule has 1 aliphatic rings. The molecule has 0 aromatic heterocycles. The maximum Gasteiger partial charge on any atom is 0.391 e. The quantitative estimate of drug-likeness (QED) is 0.888. The van der Waals surface area contributed by atoms with E-state index in [0.29, 0.717) is 5.56 Å². The molecule has 1 aromatic rings. The van der Waals surface area contributed by atoms with Gasteiger partial charge in [-0.1, -0.05) is 0 Å². The summed E-state index contributed by atoms with van der Waals surface area (Å²) >= 11 is 0. The minimum absolute atomic E-state index is 0.400. The second-order valence-corrected chi connectivity index (χ2v) is 4.74. The van der Waals surface area contributed by atoms with Crippen molar-refractivity contribution in [3.63, 3.8) is 0 Å². The predicted octanol–water partition coefficient (Wildman–Crippen LogP) is 2.73. The summed E-state index contributed by atoms with van der Waals surface area (Å²) < 4.78 is 36.5. The maximum atomic E-state index is 12.2. The number of amides is 1. The van der Waals surface area contributed by atoms with Gasteiger partial charge in [0.1, 0.15) is 0 Å². The zero-order valence-electron chi connectivity index (χ0n) is 10.5. The molecule has 104 valence electrons. The molecule has 6 heteroatoms. The lowest BCUT2D eigenvalue weighted by molar-refractivity contribution is -0.138. The Bertz CT molecular complexity index is 485. The van der Waals surface area contributed by atoms with Crippen molar-refractivity contribution >= 4 is 11.6 Å². The standard InChI is InChI=1S/C13H15F3N2O/c1-8(7-13(14,15)16)18-12(19)10-2-3-11-9(6-10)4-5-17-11/h2-3,6,8,17H,4-5,7H2,1H3,(H,18,19). The van der Waals surface area contributed by atoms with Crippen molar-refractivity contribution in [2.24, 2.45) is 0 Å². The molecule has 0 spiro atoms. The van der Waals surface area contributed by atoms with Crippen molar-refractivity contribution in [1.82, 2.24) is 5.32 Å². The van der Waals surface area contributed by atoms with Crippen LogP contribution in [0.5, 0.6) is 0 Å². The van der Waals surface area contributed by atoms with E-state index in [-0.39, 0.29) is 0 Å². The number of benzene rings is 1. The summed E-state index contributed by atoms with van der Waals surface area (Å²) in [6.07, 6.45) is -4.46. The number of hydrogen-bond donors (Lipinski definition) is 2. The Kier molecular flexibility index (Phi) is 3.68. The van der Waals surface area contributed by atoms with Gasteiger partial charge in [-0.05, 0) is 37.1 Å². The molecule has 2 rings (SSSR count). The Morgan fingerprint density at radius 3 is 2.89 bits per heavy atom. The lowest BCUT2D eigenvalue weighted by Gasteiger charge is -2.16. The molecule has 0 fully saturated rings. The predicted molar refractivity (Wildman–Crippen MR) is 66.2 cm³/mol. The van der Waals surface area contributed by atoms with E-state index in [9.17, 15) is 18.0 Å². The highest BCUT2D eigenvalue weighted by molar-refractivity contribution is 5.95. The number of alkyl halides is 3. The summed E-state index contributed by atoms with van der Waals surface area (Å²) in [5.41, 5.74) is 2.41. The Hall–Kier alpha value is -1.72. The van der Waals surface area contributed by atoms with Crippen molar-refractivity contribution < 1.29 is 18.0 Å². The van der Waals surface area contributed by atoms with Crippen LogP contribution >= 0.6 is 0 Å². The average Bonchev–Trinajstić information content (AvgIpc) is 2.72. The first-order valence-electron chi connectivity index (χ1n) is 6.09. The molecule has 1 heterocycles. The Balaban J connectivity index is 2.00. The third kappa shape index (κ3) is 3.62. The molecule has 0 saturated carbocycles. The van der Waals surface area contributed by atoms with Crippen LogP contribution in [0.15, 0.2) is 18.2 Å². The van der Waals surface area contributed by atoms with Crippen molar-refractivity contribution in [3.8, 4) is 0 Å². The highest BCUT2D eigenvalue weighted by atomic mass is 19.4. The fourth-order valence-electron chi connectivity index (χ4n) is 2.15. The fourth-order valence-corrected chi connectivity index (χ4v) is 2.15. The Morgan fingerprint density at radius 2 is 2.21 bits per heavy atom. The van der Waals surface area contributed by atoms with Gasteiger partial charge in [0.2, 0.25) is 0 Å². The van der Waals surface area contributed by atoms with Gasteiger partial charge in [-0.15, -0.1) is 0 Å². The number of anilines is 1. The van der Waals surface area contributed by atoms with Gasteiger partial charge in [-0.2, -0.15) is 13.2 Å². The molecule has 0 radical (unpaired) electrons. The van der Waals surface area contributed by atoms with Gasteiger partial charge in [0.15, 0.2) is 0 Å². The normalized spacial score (nSPS) is 15.6. The van der Waals surface area contributed by atoms with E-state index in [1.165, 1.54) is 6.92 Å². The van der Waals surface area contributed by atoms with Crippen LogP contribution in [0.3, 0.4) is 0 Å². The number of nitrogens with one attached hydrogen (secondary N) is 2. The minimum Gasteiger partial charge on any atom is -0.384 e. The Labute approximate surface area is 109 Å². The molecule has 0 aliphatic carbocycles. The van der Waals surface area contributed by atoms with E-state index >= 15 is 0 Å². The van der Waals surface area contributed by atoms with Crippen LogP contribution in [0.4, 0.5) is 18.9 Å². The van der Waals surface area contributed by atoms with E-state index < -0.39 is 24.5 Å². The second kappa shape index (κ2) is 5.11. The van der Waals surface area contributed by atoms with Crippen molar-refractivity contribution in [2.45, 2.75) is 32.0 Å². The molecule has 1 aromatic carbocycles. The second-order valence-electron chi connectivity index (χ2n) is 4.74. The number of rotatable bonds is 3. The minimum atomic E-state index is -4.27. The molecular formula is C13H15F3N2O. The van der Waals surface area contributed by atoms with Gasteiger partial charge < -0.3 is 10.6 Å². The molecule has 1 unspecified atom stereocenters. The molecule has 0 bridgehead atoms. The van der Waals surface area contributed by atoms with Crippen LogP contribution in [0.25, 0.3) is 0 Å². The molecule has 1 amide bonds. The smallest absolute Gasteiger partial charge is 0.384 e. The molecule has 2 N–H and O–H groups in total. The van der Waals surface area contributed by atoms with E-state index in [0.717, 1.165) is 24.2 Å². The zero-order chi connectivity index (χ0) is 14.0. The highest BCUT2D eigenvalue weighted by Crippen LogP contribution is 2.24. The molecule has 1 aliphatic heterocycles. The molecule has 1 atom stereocenters. The van der Waals surface area contributed by atoms with Gasteiger partial charge in [-0.25, -0.2) is 0 Å². The number of carbonyl (C=O) groups excluding carboxylic acids is 1. The zero-order valence-corrected chi connectivity index (χ0v) is 10.5. The number of halogens is 3. The summed E-state index contributed by atoms with van der Waals surface area (Å²) in [5.74, 6) is -0.466. The summed E-state index contributed by atoms with van der Waals surface area (Å²) in [6, 6.07) is 4.20. The number of fused-ring (bicyclic) bond motifs is 1. The monoisotopic (exact) mass is 272 g/mol. The fraction of sp³-hybridized carbons (Fsp3) is 0.462. The number of hydrogen-bond acceptors (Lipinski definition) is 2. The van der Waals surface area contributed by atoms with Crippen molar-refractivity contribution in [2.75, 3.05) is 11.9 Å². The third-order valence-electron chi connectivity index (χ3n) is 2.99. The maximum absolute atomic E-state index is 12.2. The summed E-state index contributed by atoms with van der Waals surface area (Å²) in [5, 5.41) is 5.52. The van der Waals surface area contributed by atoms with Crippen molar-refractivity contribution in [1.29, 1.82) is 0 Å². The first kappa shape index (κ1) is 13.7. The van der Waals surface area contributed by atoms with Crippen LogP contribution in [0.2, 0.25) is 0 Å².